The van der Waals surface area contributed by atoms with Gasteiger partial charge in [-0.3, -0.25) is 0 Å². The fourth-order valence-corrected chi connectivity index (χ4v) is 2.37. The van der Waals surface area contributed by atoms with Crippen LogP contribution in [-0.4, -0.2) is 16.8 Å². The Morgan fingerprint density at radius 3 is 2.32 bits per heavy atom. The van der Waals surface area contributed by atoms with E-state index in [0.29, 0.717) is 11.5 Å². The molecule has 106 valence electrons. The summed E-state index contributed by atoms with van der Waals surface area (Å²) in [6, 6.07) is 5.44. The topological polar surface area (TPSA) is 38.7 Å². The van der Waals surface area contributed by atoms with Crippen LogP contribution in [0.2, 0.25) is 0 Å². The molecule has 0 bridgehead atoms. The number of para-hydroxylation sites is 1. The average molecular weight is 264 g/mol. The Morgan fingerprint density at radius 1 is 1.05 bits per heavy atom. The van der Waals surface area contributed by atoms with Gasteiger partial charge in [-0.25, -0.2) is 0 Å². The van der Waals surface area contributed by atoms with Crippen LogP contribution in [0.25, 0.3) is 0 Å². The lowest BCUT2D eigenvalue weighted by Crippen LogP contribution is -2.23. The van der Waals surface area contributed by atoms with E-state index in [1.165, 1.54) is 19.3 Å². The normalized spacial score (nSPS) is 17.2. The number of hydrogen-bond acceptors (Lipinski definition) is 3. The first-order valence-electron chi connectivity index (χ1n) is 7.13. The lowest BCUT2D eigenvalue weighted by molar-refractivity contribution is 0.120. The Balaban J connectivity index is 2.10. The standard InChI is InChI=1S/C16H24O3/c1-16(2,3)19-14-11-7-10-13(15(14)17)18-12-8-5-4-6-9-12/h7,10-12,17H,4-6,8-9H2,1-3H3. The predicted molar refractivity (Wildman–Crippen MR) is 76.0 cm³/mol. The number of hydrogen-bond donors (Lipinski definition) is 1. The zero-order valence-corrected chi connectivity index (χ0v) is 12.1. The van der Waals surface area contributed by atoms with Crippen molar-refractivity contribution in [2.24, 2.45) is 0 Å². The van der Waals surface area contributed by atoms with Gasteiger partial charge in [-0.15, -0.1) is 0 Å². The van der Waals surface area contributed by atoms with Gasteiger partial charge in [0.2, 0.25) is 5.75 Å². The molecule has 0 radical (unpaired) electrons. The van der Waals surface area contributed by atoms with Crippen molar-refractivity contribution < 1.29 is 14.6 Å². The molecule has 1 N–H and O–H groups in total. The van der Waals surface area contributed by atoms with Gasteiger partial charge in [0.1, 0.15) is 5.60 Å². The molecule has 1 aliphatic rings. The maximum absolute atomic E-state index is 10.2. The summed E-state index contributed by atoms with van der Waals surface area (Å²) in [4.78, 5) is 0. The van der Waals surface area contributed by atoms with Crippen molar-refractivity contribution in [1.29, 1.82) is 0 Å². The molecule has 3 heteroatoms. The SMILES string of the molecule is CC(C)(C)Oc1cccc(OC2CCCCC2)c1O. The van der Waals surface area contributed by atoms with E-state index in [9.17, 15) is 5.11 Å². The number of phenolic OH excluding ortho intramolecular Hbond substituents is 1. The van der Waals surface area contributed by atoms with E-state index < -0.39 is 0 Å². The summed E-state index contributed by atoms with van der Waals surface area (Å²) < 4.78 is 11.6. The molecule has 0 aliphatic heterocycles. The summed E-state index contributed by atoms with van der Waals surface area (Å²) in [7, 11) is 0. The lowest BCUT2D eigenvalue weighted by atomic mass is 9.98. The van der Waals surface area contributed by atoms with Gasteiger partial charge >= 0.3 is 0 Å². The molecule has 0 atom stereocenters. The molecule has 0 unspecified atom stereocenters. The van der Waals surface area contributed by atoms with E-state index in [4.69, 9.17) is 9.47 Å². The summed E-state index contributed by atoms with van der Waals surface area (Å²) in [6.07, 6.45) is 6.09. The van der Waals surface area contributed by atoms with Crippen LogP contribution in [0.1, 0.15) is 52.9 Å². The quantitative estimate of drug-likeness (QED) is 0.885. The van der Waals surface area contributed by atoms with Crippen LogP contribution in [0.15, 0.2) is 18.2 Å². The van der Waals surface area contributed by atoms with Crippen molar-refractivity contribution in [3.8, 4) is 17.2 Å². The highest BCUT2D eigenvalue weighted by molar-refractivity contribution is 5.50. The second kappa shape index (κ2) is 5.72. The molecule has 1 aromatic carbocycles. The predicted octanol–water partition coefficient (Wildman–Crippen LogP) is 4.28. The Kier molecular flexibility index (Phi) is 4.23. The van der Waals surface area contributed by atoms with E-state index in [-0.39, 0.29) is 17.5 Å². The molecular weight excluding hydrogens is 240 g/mol. The Hall–Kier alpha value is -1.38. The van der Waals surface area contributed by atoms with Crippen LogP contribution in [0, 0.1) is 0 Å². The van der Waals surface area contributed by atoms with Crippen molar-refractivity contribution in [2.75, 3.05) is 0 Å². The van der Waals surface area contributed by atoms with E-state index >= 15 is 0 Å². The molecule has 1 aliphatic carbocycles. The summed E-state index contributed by atoms with van der Waals surface area (Å²) in [5.41, 5.74) is -0.332. The third kappa shape index (κ3) is 4.05. The molecule has 0 spiro atoms. The van der Waals surface area contributed by atoms with E-state index in [1.54, 1.807) is 12.1 Å². The molecule has 1 fully saturated rings. The first kappa shape index (κ1) is 14.0. The Morgan fingerprint density at radius 2 is 1.68 bits per heavy atom. The van der Waals surface area contributed by atoms with Crippen molar-refractivity contribution in [2.45, 2.75) is 64.6 Å². The smallest absolute Gasteiger partial charge is 0.200 e. The molecule has 1 aromatic rings. The highest BCUT2D eigenvalue weighted by atomic mass is 16.5. The minimum atomic E-state index is -0.332. The van der Waals surface area contributed by atoms with Crippen LogP contribution in [0.4, 0.5) is 0 Å². The number of benzene rings is 1. The van der Waals surface area contributed by atoms with Gasteiger partial charge < -0.3 is 14.6 Å². The van der Waals surface area contributed by atoms with E-state index in [1.807, 2.05) is 26.8 Å². The lowest BCUT2D eigenvalue weighted by Gasteiger charge is -2.25. The Bertz CT molecular complexity index is 414. The van der Waals surface area contributed by atoms with E-state index in [0.717, 1.165) is 12.8 Å². The monoisotopic (exact) mass is 264 g/mol. The molecule has 0 heterocycles. The van der Waals surface area contributed by atoms with Crippen molar-refractivity contribution in [3.63, 3.8) is 0 Å². The third-order valence-electron chi connectivity index (χ3n) is 3.22. The third-order valence-corrected chi connectivity index (χ3v) is 3.22. The van der Waals surface area contributed by atoms with Crippen molar-refractivity contribution in [1.82, 2.24) is 0 Å². The zero-order chi connectivity index (χ0) is 13.9. The molecule has 0 amide bonds. The van der Waals surface area contributed by atoms with Crippen LogP contribution >= 0.6 is 0 Å². The van der Waals surface area contributed by atoms with Crippen molar-refractivity contribution in [3.05, 3.63) is 18.2 Å². The first-order chi connectivity index (χ1) is 8.96. The minimum Gasteiger partial charge on any atom is -0.502 e. The van der Waals surface area contributed by atoms with Gasteiger partial charge in [0.15, 0.2) is 11.5 Å². The minimum absolute atomic E-state index is 0.114. The van der Waals surface area contributed by atoms with Gasteiger partial charge in [0.25, 0.3) is 0 Å². The molecule has 1 saturated carbocycles. The van der Waals surface area contributed by atoms with Crippen molar-refractivity contribution >= 4 is 0 Å². The second-order valence-electron chi connectivity index (χ2n) is 6.20. The Labute approximate surface area is 115 Å². The average Bonchev–Trinajstić information content (AvgIpc) is 2.34. The van der Waals surface area contributed by atoms with Gasteiger partial charge in [-0.05, 0) is 58.6 Å². The molecule has 3 nitrogen and oxygen atoms in total. The molecule has 0 aromatic heterocycles. The maximum atomic E-state index is 10.2. The van der Waals surface area contributed by atoms with Crippen LogP contribution < -0.4 is 9.47 Å². The fourth-order valence-electron chi connectivity index (χ4n) is 2.37. The molecule has 2 rings (SSSR count). The van der Waals surface area contributed by atoms with Gasteiger partial charge in [0, 0.05) is 0 Å². The van der Waals surface area contributed by atoms with Crippen LogP contribution in [0.5, 0.6) is 17.2 Å². The molecular formula is C16H24O3. The highest BCUT2D eigenvalue weighted by Gasteiger charge is 2.20. The summed E-state index contributed by atoms with van der Waals surface area (Å²) in [5, 5.41) is 10.2. The van der Waals surface area contributed by atoms with Gasteiger partial charge in [-0.2, -0.15) is 0 Å². The van der Waals surface area contributed by atoms with E-state index in [2.05, 4.69) is 0 Å². The summed E-state index contributed by atoms with van der Waals surface area (Å²) in [6.45, 7) is 5.88. The van der Waals surface area contributed by atoms with Crippen LogP contribution in [-0.2, 0) is 0 Å². The fraction of sp³-hybridized carbons (Fsp3) is 0.625. The molecule has 0 saturated heterocycles. The van der Waals surface area contributed by atoms with Gasteiger partial charge in [-0.1, -0.05) is 12.5 Å². The van der Waals surface area contributed by atoms with Crippen LogP contribution in [0.3, 0.4) is 0 Å². The summed E-state index contributed by atoms with van der Waals surface area (Å²) in [5.74, 6) is 1.14. The number of rotatable bonds is 3. The zero-order valence-electron chi connectivity index (χ0n) is 12.1. The van der Waals surface area contributed by atoms with Gasteiger partial charge in [0.05, 0.1) is 6.10 Å². The number of phenols is 1. The first-order valence-corrected chi connectivity index (χ1v) is 7.13. The molecule has 19 heavy (non-hydrogen) atoms. The maximum Gasteiger partial charge on any atom is 0.200 e. The largest absolute Gasteiger partial charge is 0.502 e. The summed E-state index contributed by atoms with van der Waals surface area (Å²) >= 11 is 0. The number of aromatic hydroxyl groups is 1. The highest BCUT2D eigenvalue weighted by Crippen LogP contribution is 2.39. The second-order valence-corrected chi connectivity index (χ2v) is 6.20. The number of ether oxygens (including phenoxy) is 2.